The molecule has 0 bridgehead atoms. The first-order valence-electron chi connectivity index (χ1n) is 11.3. The summed E-state index contributed by atoms with van der Waals surface area (Å²) in [5.74, 6) is -5.54. The van der Waals surface area contributed by atoms with Crippen molar-refractivity contribution in [3.8, 4) is 17.2 Å². The quantitative estimate of drug-likeness (QED) is 0.418. The molecule has 7 heteroatoms. The van der Waals surface area contributed by atoms with Crippen molar-refractivity contribution in [3.63, 3.8) is 0 Å². The number of phenols is 1. The third-order valence-electron chi connectivity index (χ3n) is 6.17. The summed E-state index contributed by atoms with van der Waals surface area (Å²) in [6.45, 7) is 4.18. The molecular weight excluding hydrogens is 424 g/mol. The molecule has 1 aliphatic rings. The molecule has 3 nitrogen and oxygen atoms in total. The SMILES string of the molecule is CCCC1CCC(COc2ccc(Cc3cc(OCC)c(F)c(F)c3O)c(F)c2F)CC1. The van der Waals surface area contributed by atoms with Gasteiger partial charge in [0.15, 0.2) is 23.1 Å². The Hall–Kier alpha value is -2.44. The standard InChI is InChI=1S/C25H30F4O3/c1-3-5-15-6-8-16(9-7-15)14-32-19-11-10-17(21(26)22(19)27)12-18-13-20(31-4-2)23(28)24(29)25(18)30/h10-11,13,15-16,30H,3-9,12,14H2,1-2H3. The van der Waals surface area contributed by atoms with Gasteiger partial charge in [-0.1, -0.05) is 38.7 Å². The maximum absolute atomic E-state index is 14.7. The Bertz CT molecular complexity index is 924. The zero-order chi connectivity index (χ0) is 23.3. The lowest BCUT2D eigenvalue weighted by Crippen LogP contribution is -2.20. The Labute approximate surface area is 186 Å². The van der Waals surface area contributed by atoms with Gasteiger partial charge in [0.2, 0.25) is 17.5 Å². The van der Waals surface area contributed by atoms with Gasteiger partial charge in [0.05, 0.1) is 13.2 Å². The number of benzene rings is 2. The van der Waals surface area contributed by atoms with Gasteiger partial charge in [-0.25, -0.2) is 4.39 Å². The van der Waals surface area contributed by atoms with E-state index in [9.17, 15) is 22.7 Å². The molecule has 0 aliphatic heterocycles. The van der Waals surface area contributed by atoms with Gasteiger partial charge in [-0.2, -0.15) is 13.2 Å². The Balaban J connectivity index is 1.69. The Kier molecular flexibility index (Phi) is 8.26. The average Bonchev–Trinajstić information content (AvgIpc) is 2.79. The lowest BCUT2D eigenvalue weighted by molar-refractivity contribution is 0.173. The van der Waals surface area contributed by atoms with Crippen LogP contribution in [0.25, 0.3) is 0 Å². The predicted molar refractivity (Wildman–Crippen MR) is 114 cm³/mol. The van der Waals surface area contributed by atoms with Crippen molar-refractivity contribution < 1.29 is 32.1 Å². The van der Waals surface area contributed by atoms with Crippen LogP contribution in [0, 0.1) is 35.1 Å². The van der Waals surface area contributed by atoms with Crippen molar-refractivity contribution in [2.24, 2.45) is 11.8 Å². The van der Waals surface area contributed by atoms with Gasteiger partial charge in [-0.15, -0.1) is 0 Å². The van der Waals surface area contributed by atoms with E-state index >= 15 is 0 Å². The van der Waals surface area contributed by atoms with E-state index < -0.39 is 34.8 Å². The largest absolute Gasteiger partial charge is 0.505 e. The van der Waals surface area contributed by atoms with E-state index in [2.05, 4.69) is 6.92 Å². The third-order valence-corrected chi connectivity index (χ3v) is 6.17. The molecular formula is C25H30F4O3. The summed E-state index contributed by atoms with van der Waals surface area (Å²) in [5, 5.41) is 9.92. The van der Waals surface area contributed by atoms with Gasteiger partial charge in [0, 0.05) is 12.0 Å². The summed E-state index contributed by atoms with van der Waals surface area (Å²) in [4.78, 5) is 0. The van der Waals surface area contributed by atoms with E-state index in [1.807, 2.05) is 0 Å². The molecule has 3 rings (SSSR count). The first-order chi connectivity index (χ1) is 15.3. The minimum Gasteiger partial charge on any atom is -0.505 e. The van der Waals surface area contributed by atoms with Crippen molar-refractivity contribution in [3.05, 3.63) is 52.6 Å². The van der Waals surface area contributed by atoms with Gasteiger partial charge in [0.25, 0.3) is 0 Å². The molecule has 176 valence electrons. The fourth-order valence-corrected chi connectivity index (χ4v) is 4.37. The lowest BCUT2D eigenvalue weighted by Gasteiger charge is -2.28. The van der Waals surface area contributed by atoms with E-state index in [0.717, 1.165) is 37.7 Å². The van der Waals surface area contributed by atoms with Crippen molar-refractivity contribution in [1.29, 1.82) is 0 Å². The van der Waals surface area contributed by atoms with Crippen LogP contribution in [0.1, 0.15) is 63.5 Å². The number of halogens is 4. The summed E-state index contributed by atoms with van der Waals surface area (Å²) < 4.78 is 67.7. The first kappa shape index (κ1) is 24.2. The van der Waals surface area contributed by atoms with Crippen LogP contribution in [-0.2, 0) is 6.42 Å². The summed E-state index contributed by atoms with van der Waals surface area (Å²) in [6.07, 6.45) is 6.38. The number of aromatic hydroxyl groups is 1. The van der Waals surface area contributed by atoms with Crippen molar-refractivity contribution in [2.45, 2.75) is 58.8 Å². The smallest absolute Gasteiger partial charge is 0.204 e. The fourth-order valence-electron chi connectivity index (χ4n) is 4.37. The number of hydrogen-bond acceptors (Lipinski definition) is 3. The fraction of sp³-hybridized carbons (Fsp3) is 0.520. The Morgan fingerprint density at radius 1 is 0.812 bits per heavy atom. The second-order valence-corrected chi connectivity index (χ2v) is 8.46. The minimum absolute atomic E-state index is 0.0792. The average molecular weight is 455 g/mol. The molecule has 32 heavy (non-hydrogen) atoms. The monoisotopic (exact) mass is 454 g/mol. The molecule has 2 aromatic rings. The van der Waals surface area contributed by atoms with Crippen LogP contribution in [0.2, 0.25) is 0 Å². The molecule has 0 atom stereocenters. The van der Waals surface area contributed by atoms with Crippen LogP contribution in [-0.4, -0.2) is 18.3 Å². The van der Waals surface area contributed by atoms with E-state index in [1.54, 1.807) is 6.92 Å². The van der Waals surface area contributed by atoms with Gasteiger partial charge in [0.1, 0.15) is 0 Å². The second kappa shape index (κ2) is 10.9. The maximum atomic E-state index is 14.7. The highest BCUT2D eigenvalue weighted by Crippen LogP contribution is 2.35. The molecule has 0 aromatic heterocycles. The number of ether oxygens (including phenoxy) is 2. The predicted octanol–water partition coefficient (Wildman–Crippen LogP) is 6.92. The van der Waals surface area contributed by atoms with Crippen molar-refractivity contribution >= 4 is 0 Å². The molecule has 0 amide bonds. The summed E-state index contributed by atoms with van der Waals surface area (Å²) in [7, 11) is 0. The van der Waals surface area contributed by atoms with E-state index in [0.29, 0.717) is 12.5 Å². The number of phenolic OH excluding ortho intramolecular Hbond substituents is 1. The van der Waals surface area contributed by atoms with Gasteiger partial charge in [-0.05, 0) is 49.3 Å². The summed E-state index contributed by atoms with van der Waals surface area (Å²) >= 11 is 0. The van der Waals surface area contributed by atoms with Crippen LogP contribution in [0.4, 0.5) is 17.6 Å². The number of rotatable bonds is 9. The molecule has 0 unspecified atom stereocenters. The molecule has 0 spiro atoms. The van der Waals surface area contributed by atoms with Crippen LogP contribution in [0.15, 0.2) is 18.2 Å². The van der Waals surface area contributed by atoms with Crippen LogP contribution < -0.4 is 9.47 Å². The normalized spacial score (nSPS) is 18.6. The van der Waals surface area contributed by atoms with E-state index in [-0.39, 0.29) is 29.9 Å². The van der Waals surface area contributed by atoms with Gasteiger partial charge in [-0.3, -0.25) is 0 Å². The summed E-state index contributed by atoms with van der Waals surface area (Å²) in [6, 6.07) is 3.75. The molecule has 1 N–H and O–H groups in total. The van der Waals surface area contributed by atoms with E-state index in [1.165, 1.54) is 25.0 Å². The Morgan fingerprint density at radius 3 is 2.12 bits per heavy atom. The molecule has 1 aliphatic carbocycles. The minimum atomic E-state index is -1.49. The molecule has 1 saturated carbocycles. The molecule has 1 fully saturated rings. The van der Waals surface area contributed by atoms with Crippen molar-refractivity contribution in [2.75, 3.05) is 13.2 Å². The topological polar surface area (TPSA) is 38.7 Å². The highest BCUT2D eigenvalue weighted by atomic mass is 19.2. The zero-order valence-corrected chi connectivity index (χ0v) is 18.5. The molecule has 2 aromatic carbocycles. The zero-order valence-electron chi connectivity index (χ0n) is 18.5. The van der Waals surface area contributed by atoms with Crippen molar-refractivity contribution in [1.82, 2.24) is 0 Å². The second-order valence-electron chi connectivity index (χ2n) is 8.46. The number of hydrogen-bond donors (Lipinski definition) is 1. The van der Waals surface area contributed by atoms with E-state index in [4.69, 9.17) is 9.47 Å². The lowest BCUT2D eigenvalue weighted by atomic mass is 9.80. The third kappa shape index (κ3) is 5.48. The van der Waals surface area contributed by atoms with Crippen LogP contribution in [0.3, 0.4) is 0 Å². The summed E-state index contributed by atoms with van der Waals surface area (Å²) in [5.41, 5.74) is -0.221. The van der Waals surface area contributed by atoms with Crippen LogP contribution in [0.5, 0.6) is 17.2 Å². The van der Waals surface area contributed by atoms with Gasteiger partial charge >= 0.3 is 0 Å². The highest BCUT2D eigenvalue weighted by molar-refractivity contribution is 5.45. The Morgan fingerprint density at radius 2 is 1.47 bits per heavy atom. The van der Waals surface area contributed by atoms with Gasteiger partial charge < -0.3 is 14.6 Å². The first-order valence-corrected chi connectivity index (χ1v) is 11.3. The molecule has 0 saturated heterocycles. The highest BCUT2D eigenvalue weighted by Gasteiger charge is 2.24. The maximum Gasteiger partial charge on any atom is 0.204 e. The molecule has 0 radical (unpaired) electrons. The molecule has 0 heterocycles. The van der Waals surface area contributed by atoms with Crippen LogP contribution >= 0.6 is 0 Å².